The Morgan fingerprint density at radius 2 is 1.86 bits per heavy atom. The van der Waals surface area contributed by atoms with Gasteiger partial charge in [-0.25, -0.2) is 4.79 Å². The van der Waals surface area contributed by atoms with Crippen LogP contribution in [0.5, 0.6) is 0 Å². The van der Waals surface area contributed by atoms with Crippen molar-refractivity contribution in [3.05, 3.63) is 35.4 Å². The van der Waals surface area contributed by atoms with Crippen molar-refractivity contribution in [3.63, 3.8) is 0 Å². The van der Waals surface area contributed by atoms with Crippen LogP contribution in [-0.4, -0.2) is 59.8 Å². The highest BCUT2D eigenvalue weighted by molar-refractivity contribution is 5.68. The number of aliphatic hydroxyl groups is 1. The summed E-state index contributed by atoms with van der Waals surface area (Å²) in [5.41, 5.74) is 1.48. The quantitative estimate of drug-likeness (QED) is 0.814. The highest BCUT2D eigenvalue weighted by atomic mass is 16.6. The molecule has 3 rings (SSSR count). The smallest absolute Gasteiger partial charge is 0.410 e. The van der Waals surface area contributed by atoms with Crippen LogP contribution in [0.25, 0.3) is 0 Å². The summed E-state index contributed by atoms with van der Waals surface area (Å²) >= 11 is 0. The zero-order valence-electron chi connectivity index (χ0n) is 16.9. The van der Waals surface area contributed by atoms with Gasteiger partial charge in [-0.05, 0) is 69.2 Å². The molecule has 28 heavy (non-hydrogen) atoms. The molecule has 1 amide bonds. The molecule has 6 nitrogen and oxygen atoms in total. The first kappa shape index (κ1) is 20.6. The lowest BCUT2D eigenvalue weighted by Crippen LogP contribution is -2.54. The van der Waals surface area contributed by atoms with Crippen molar-refractivity contribution in [2.45, 2.75) is 45.3 Å². The number of nitriles is 1. The highest BCUT2D eigenvalue weighted by Crippen LogP contribution is 2.29. The van der Waals surface area contributed by atoms with Gasteiger partial charge in [0.05, 0.1) is 23.8 Å². The number of benzene rings is 1. The van der Waals surface area contributed by atoms with E-state index in [9.17, 15) is 9.90 Å². The molecule has 1 aromatic carbocycles. The fourth-order valence-corrected chi connectivity index (χ4v) is 4.45. The SMILES string of the molecule is CC(C)OC(=O)N1CC2CC(CN(CCCC(O)c3ccc(C#N)cc3)C2)C1. The fraction of sp³-hybridized carbons (Fsp3) is 0.636. The number of piperidine rings is 2. The van der Waals surface area contributed by atoms with Gasteiger partial charge in [0.1, 0.15) is 0 Å². The minimum absolute atomic E-state index is 0.0756. The average Bonchev–Trinajstić information content (AvgIpc) is 2.66. The summed E-state index contributed by atoms with van der Waals surface area (Å²) in [7, 11) is 0. The van der Waals surface area contributed by atoms with Gasteiger partial charge in [-0.2, -0.15) is 5.26 Å². The first-order chi connectivity index (χ1) is 13.4. The molecule has 152 valence electrons. The van der Waals surface area contributed by atoms with Crippen molar-refractivity contribution >= 4 is 6.09 Å². The molecule has 0 spiro atoms. The first-order valence-corrected chi connectivity index (χ1v) is 10.3. The lowest BCUT2D eigenvalue weighted by molar-refractivity contribution is 0.0127. The summed E-state index contributed by atoms with van der Waals surface area (Å²) in [6.07, 6.45) is 2.09. The standard InChI is InChI=1S/C22H31N3O3/c1-16(2)28-22(27)25-14-18-10-19(15-25)13-24(12-18)9-3-4-21(26)20-7-5-17(11-23)6-8-20/h5-8,16,18-19,21,26H,3-4,9-10,12-15H2,1-2H3. The summed E-state index contributed by atoms with van der Waals surface area (Å²) in [4.78, 5) is 16.5. The van der Waals surface area contributed by atoms with E-state index in [-0.39, 0.29) is 12.2 Å². The molecule has 2 saturated heterocycles. The van der Waals surface area contributed by atoms with Gasteiger partial charge in [0, 0.05) is 26.2 Å². The molecule has 2 heterocycles. The zero-order chi connectivity index (χ0) is 20.1. The van der Waals surface area contributed by atoms with Gasteiger partial charge in [-0.15, -0.1) is 0 Å². The van der Waals surface area contributed by atoms with E-state index < -0.39 is 6.10 Å². The van der Waals surface area contributed by atoms with Crippen LogP contribution in [0.2, 0.25) is 0 Å². The maximum absolute atomic E-state index is 12.2. The number of hydrogen-bond acceptors (Lipinski definition) is 5. The second kappa shape index (κ2) is 9.40. The molecule has 1 aromatic rings. The van der Waals surface area contributed by atoms with E-state index in [0.29, 0.717) is 23.8 Å². The van der Waals surface area contributed by atoms with Crippen LogP contribution in [0.15, 0.2) is 24.3 Å². The molecule has 2 fully saturated rings. The summed E-state index contributed by atoms with van der Waals surface area (Å²) in [6, 6.07) is 9.26. The van der Waals surface area contributed by atoms with E-state index in [1.54, 1.807) is 12.1 Å². The van der Waals surface area contributed by atoms with E-state index in [1.807, 2.05) is 30.9 Å². The Morgan fingerprint density at radius 3 is 2.43 bits per heavy atom. The Balaban J connectivity index is 1.42. The van der Waals surface area contributed by atoms with Crippen molar-refractivity contribution in [2.75, 3.05) is 32.7 Å². The molecule has 0 aromatic heterocycles. The first-order valence-electron chi connectivity index (χ1n) is 10.3. The van der Waals surface area contributed by atoms with Crippen LogP contribution < -0.4 is 0 Å². The predicted molar refractivity (Wildman–Crippen MR) is 107 cm³/mol. The number of amides is 1. The molecule has 1 N–H and O–H groups in total. The maximum Gasteiger partial charge on any atom is 0.410 e. The number of carbonyl (C=O) groups excluding carboxylic acids is 1. The molecule has 0 radical (unpaired) electrons. The highest BCUT2D eigenvalue weighted by Gasteiger charge is 2.36. The Labute approximate surface area is 167 Å². The second-order valence-corrected chi connectivity index (χ2v) is 8.46. The van der Waals surface area contributed by atoms with E-state index >= 15 is 0 Å². The third kappa shape index (κ3) is 5.46. The van der Waals surface area contributed by atoms with Crippen molar-refractivity contribution in [2.24, 2.45) is 11.8 Å². The lowest BCUT2D eigenvalue weighted by Gasteiger charge is -2.45. The molecular formula is C22H31N3O3. The largest absolute Gasteiger partial charge is 0.447 e. The average molecular weight is 386 g/mol. The Bertz CT molecular complexity index is 684. The van der Waals surface area contributed by atoms with E-state index in [2.05, 4.69) is 11.0 Å². The van der Waals surface area contributed by atoms with Gasteiger partial charge in [-0.3, -0.25) is 0 Å². The molecule has 0 aliphatic carbocycles. The third-order valence-electron chi connectivity index (χ3n) is 5.63. The van der Waals surface area contributed by atoms with Crippen molar-refractivity contribution in [1.82, 2.24) is 9.80 Å². The molecule has 2 bridgehead atoms. The predicted octanol–water partition coefficient (Wildman–Crippen LogP) is 3.17. The summed E-state index contributed by atoms with van der Waals surface area (Å²) in [6.45, 7) is 8.33. The third-order valence-corrected chi connectivity index (χ3v) is 5.63. The van der Waals surface area contributed by atoms with Crippen LogP contribution in [-0.2, 0) is 4.74 Å². The Kier molecular flexibility index (Phi) is 6.93. The van der Waals surface area contributed by atoms with Crippen LogP contribution >= 0.6 is 0 Å². The van der Waals surface area contributed by atoms with E-state index in [0.717, 1.165) is 44.7 Å². The molecule has 2 aliphatic heterocycles. The molecule has 3 atom stereocenters. The number of hydrogen-bond donors (Lipinski definition) is 1. The summed E-state index contributed by atoms with van der Waals surface area (Å²) in [5, 5.41) is 19.2. The van der Waals surface area contributed by atoms with Gasteiger partial charge >= 0.3 is 6.09 Å². The van der Waals surface area contributed by atoms with Crippen molar-refractivity contribution < 1.29 is 14.6 Å². The van der Waals surface area contributed by atoms with Crippen LogP contribution in [0.4, 0.5) is 4.79 Å². The summed E-state index contributed by atoms with van der Waals surface area (Å²) in [5.74, 6) is 1.02. The van der Waals surface area contributed by atoms with Crippen LogP contribution in [0, 0.1) is 23.2 Å². The zero-order valence-corrected chi connectivity index (χ0v) is 16.9. The number of nitrogens with zero attached hydrogens (tertiary/aromatic N) is 3. The van der Waals surface area contributed by atoms with Crippen molar-refractivity contribution in [3.8, 4) is 6.07 Å². The van der Waals surface area contributed by atoms with Crippen LogP contribution in [0.3, 0.4) is 0 Å². The number of rotatable bonds is 6. The molecule has 0 saturated carbocycles. The van der Waals surface area contributed by atoms with Gasteiger partial charge in [0.25, 0.3) is 0 Å². The topological polar surface area (TPSA) is 76.8 Å². The summed E-state index contributed by atoms with van der Waals surface area (Å²) < 4.78 is 5.36. The second-order valence-electron chi connectivity index (χ2n) is 8.46. The Hall–Kier alpha value is -2.10. The van der Waals surface area contributed by atoms with E-state index in [4.69, 9.17) is 10.00 Å². The monoisotopic (exact) mass is 385 g/mol. The van der Waals surface area contributed by atoms with Gasteiger partial charge in [0.2, 0.25) is 0 Å². The maximum atomic E-state index is 12.2. The minimum Gasteiger partial charge on any atom is -0.447 e. The number of likely N-dealkylation sites (tertiary alicyclic amines) is 2. The molecule has 2 aliphatic rings. The number of ether oxygens (including phenoxy) is 1. The van der Waals surface area contributed by atoms with Crippen LogP contribution in [0.1, 0.15) is 50.3 Å². The van der Waals surface area contributed by atoms with E-state index in [1.165, 1.54) is 6.42 Å². The molecule has 3 unspecified atom stereocenters. The molecule has 6 heteroatoms. The molecular weight excluding hydrogens is 354 g/mol. The fourth-order valence-electron chi connectivity index (χ4n) is 4.45. The minimum atomic E-state index is -0.488. The Morgan fingerprint density at radius 1 is 1.21 bits per heavy atom. The number of carbonyl (C=O) groups is 1. The number of fused-ring (bicyclic) bond motifs is 2. The van der Waals surface area contributed by atoms with Gasteiger partial charge in [-0.1, -0.05) is 12.1 Å². The van der Waals surface area contributed by atoms with Crippen molar-refractivity contribution in [1.29, 1.82) is 5.26 Å². The normalized spacial score (nSPS) is 23.3. The van der Waals surface area contributed by atoms with Gasteiger partial charge in [0.15, 0.2) is 0 Å². The number of aliphatic hydroxyl groups excluding tert-OH is 1. The van der Waals surface area contributed by atoms with Gasteiger partial charge < -0.3 is 19.6 Å². The lowest BCUT2D eigenvalue weighted by atomic mass is 9.84.